The maximum atomic E-state index is 13.6. The van der Waals surface area contributed by atoms with Crippen LogP contribution in [0.15, 0.2) is 76.0 Å². The summed E-state index contributed by atoms with van der Waals surface area (Å²) in [5.41, 5.74) is 3.97. The predicted octanol–water partition coefficient (Wildman–Crippen LogP) is 6.30. The molecule has 0 saturated carbocycles. The quantitative estimate of drug-likeness (QED) is 0.184. The van der Waals surface area contributed by atoms with Gasteiger partial charge in [0.25, 0.3) is 11.5 Å². The number of aryl methyl sites for hydroxylation is 1. The van der Waals surface area contributed by atoms with Gasteiger partial charge in [-0.1, -0.05) is 53.2 Å². The molecular formula is C28H23BrIN3O2. The molecule has 35 heavy (non-hydrogen) atoms. The van der Waals surface area contributed by atoms with E-state index in [2.05, 4.69) is 57.6 Å². The van der Waals surface area contributed by atoms with Crippen molar-refractivity contribution in [3.8, 4) is 0 Å². The summed E-state index contributed by atoms with van der Waals surface area (Å²) in [4.78, 5) is 33.8. The highest BCUT2D eigenvalue weighted by Gasteiger charge is 2.32. The number of amides is 1. The van der Waals surface area contributed by atoms with Crippen molar-refractivity contribution in [1.82, 2.24) is 9.55 Å². The average molecular weight is 640 g/mol. The molecule has 0 unspecified atom stereocenters. The Morgan fingerprint density at radius 1 is 1.00 bits per heavy atom. The zero-order chi connectivity index (χ0) is 24.5. The zero-order valence-electron chi connectivity index (χ0n) is 19.2. The molecule has 1 aliphatic rings. The van der Waals surface area contributed by atoms with E-state index in [9.17, 15) is 9.59 Å². The first-order chi connectivity index (χ1) is 17.0. The van der Waals surface area contributed by atoms with E-state index in [1.165, 1.54) is 0 Å². The molecule has 1 amide bonds. The monoisotopic (exact) mass is 639 g/mol. The SMILES string of the molecule is CCCN1C(=O)/C(=C/c2nc3ccc(I)cc3c(=O)n2CCc2ccccc2)c2cc(Br)ccc21. The molecule has 0 N–H and O–H groups in total. The van der Waals surface area contributed by atoms with E-state index in [0.29, 0.717) is 41.8 Å². The van der Waals surface area contributed by atoms with Crippen LogP contribution in [0.3, 0.4) is 0 Å². The lowest BCUT2D eigenvalue weighted by Crippen LogP contribution is -2.27. The van der Waals surface area contributed by atoms with Crippen LogP contribution in [0.2, 0.25) is 0 Å². The fourth-order valence-electron chi connectivity index (χ4n) is 4.47. The van der Waals surface area contributed by atoms with Crippen LogP contribution in [0, 0.1) is 3.57 Å². The lowest BCUT2D eigenvalue weighted by molar-refractivity contribution is -0.113. The number of nitrogens with zero attached hydrogens (tertiary/aromatic N) is 3. The molecule has 5 rings (SSSR count). The van der Waals surface area contributed by atoms with Crippen molar-refractivity contribution in [3.63, 3.8) is 0 Å². The Hall–Kier alpha value is -2.78. The Morgan fingerprint density at radius 2 is 1.80 bits per heavy atom. The second-order valence-corrected chi connectivity index (χ2v) is 10.7. The first kappa shape index (κ1) is 23.9. The molecule has 4 aromatic rings. The van der Waals surface area contributed by atoms with Gasteiger partial charge in [0.1, 0.15) is 5.82 Å². The molecule has 176 valence electrons. The number of hydrogen-bond acceptors (Lipinski definition) is 3. The molecule has 0 atom stereocenters. The lowest BCUT2D eigenvalue weighted by atomic mass is 10.1. The van der Waals surface area contributed by atoms with Crippen molar-refractivity contribution in [2.24, 2.45) is 0 Å². The van der Waals surface area contributed by atoms with Crippen molar-refractivity contribution in [2.75, 3.05) is 11.4 Å². The van der Waals surface area contributed by atoms with Crippen molar-refractivity contribution >= 4 is 72.7 Å². The molecule has 0 spiro atoms. The Balaban J connectivity index is 1.68. The van der Waals surface area contributed by atoms with E-state index in [4.69, 9.17) is 4.98 Å². The topological polar surface area (TPSA) is 55.2 Å². The first-order valence-corrected chi connectivity index (χ1v) is 13.4. The number of carbonyl (C=O) groups excluding carboxylic acids is 1. The minimum atomic E-state index is -0.0957. The van der Waals surface area contributed by atoms with Crippen LogP contribution in [0.1, 0.15) is 30.3 Å². The van der Waals surface area contributed by atoms with E-state index in [-0.39, 0.29) is 11.5 Å². The van der Waals surface area contributed by atoms with E-state index >= 15 is 0 Å². The van der Waals surface area contributed by atoms with Gasteiger partial charge in [-0.15, -0.1) is 0 Å². The molecule has 3 aromatic carbocycles. The second kappa shape index (κ2) is 10.1. The predicted molar refractivity (Wildman–Crippen MR) is 154 cm³/mol. The van der Waals surface area contributed by atoms with Crippen LogP contribution in [0.4, 0.5) is 5.69 Å². The molecule has 5 nitrogen and oxygen atoms in total. The van der Waals surface area contributed by atoms with Crippen LogP contribution >= 0.6 is 38.5 Å². The van der Waals surface area contributed by atoms with Gasteiger partial charge in [0, 0.05) is 26.7 Å². The molecule has 0 bridgehead atoms. The molecule has 0 radical (unpaired) electrons. The molecule has 7 heteroatoms. The van der Waals surface area contributed by atoms with Gasteiger partial charge in [0.15, 0.2) is 0 Å². The molecule has 2 heterocycles. The van der Waals surface area contributed by atoms with Gasteiger partial charge in [-0.3, -0.25) is 14.2 Å². The normalized spacial score (nSPS) is 14.2. The van der Waals surface area contributed by atoms with Gasteiger partial charge in [-0.25, -0.2) is 4.98 Å². The lowest BCUT2D eigenvalue weighted by Gasteiger charge is -2.15. The highest BCUT2D eigenvalue weighted by atomic mass is 127. The molecule has 1 aliphatic heterocycles. The maximum absolute atomic E-state index is 13.6. The standard InChI is InChI=1S/C28H23BrIN3O2/c1-2-13-32-25-11-8-19(29)15-21(25)22(27(32)34)17-26-31-24-10-9-20(30)16-23(24)28(35)33(26)14-12-18-6-4-3-5-7-18/h3-11,15-17H,2,12-14H2,1H3/b22-17+. The fourth-order valence-corrected chi connectivity index (χ4v) is 5.32. The maximum Gasteiger partial charge on any atom is 0.261 e. The van der Waals surface area contributed by atoms with E-state index in [1.807, 2.05) is 59.5 Å². The molecule has 0 aliphatic carbocycles. The highest BCUT2D eigenvalue weighted by Crippen LogP contribution is 2.39. The number of benzene rings is 3. The fraction of sp³-hybridized carbons (Fsp3) is 0.179. The second-order valence-electron chi connectivity index (χ2n) is 8.50. The minimum absolute atomic E-state index is 0.0634. The number of hydrogen-bond donors (Lipinski definition) is 0. The summed E-state index contributed by atoms with van der Waals surface area (Å²) >= 11 is 5.75. The van der Waals surface area contributed by atoms with Crippen molar-refractivity contribution < 1.29 is 4.79 Å². The largest absolute Gasteiger partial charge is 0.308 e. The molecule has 1 aromatic heterocycles. The van der Waals surface area contributed by atoms with Crippen molar-refractivity contribution in [3.05, 3.63) is 102 Å². The summed E-state index contributed by atoms with van der Waals surface area (Å²) in [5.74, 6) is 0.429. The average Bonchev–Trinajstić information content (AvgIpc) is 3.10. The summed E-state index contributed by atoms with van der Waals surface area (Å²) in [6.45, 7) is 3.16. The molecular weight excluding hydrogens is 617 g/mol. The van der Waals surface area contributed by atoms with Crippen LogP contribution in [-0.4, -0.2) is 22.0 Å². The Bertz CT molecular complexity index is 1530. The highest BCUT2D eigenvalue weighted by molar-refractivity contribution is 14.1. The van der Waals surface area contributed by atoms with Crippen molar-refractivity contribution in [1.29, 1.82) is 0 Å². The third-order valence-corrected chi connectivity index (χ3v) is 7.31. The van der Waals surface area contributed by atoms with Crippen LogP contribution in [-0.2, 0) is 17.8 Å². The Kier molecular flexibility index (Phi) is 6.88. The smallest absolute Gasteiger partial charge is 0.261 e. The van der Waals surface area contributed by atoms with Crippen molar-refractivity contribution in [2.45, 2.75) is 26.3 Å². The van der Waals surface area contributed by atoms with E-state index < -0.39 is 0 Å². The molecule has 0 fully saturated rings. The number of rotatable bonds is 6. The summed E-state index contributed by atoms with van der Waals surface area (Å²) in [7, 11) is 0. The number of fused-ring (bicyclic) bond motifs is 2. The number of halogens is 2. The van der Waals surface area contributed by atoms with Crippen LogP contribution in [0.25, 0.3) is 22.6 Å². The van der Waals surface area contributed by atoms with Gasteiger partial charge in [-0.05, 0) is 83.5 Å². The summed E-state index contributed by atoms with van der Waals surface area (Å²) in [6.07, 6.45) is 3.32. The van der Waals surface area contributed by atoms with Gasteiger partial charge in [-0.2, -0.15) is 0 Å². The molecule has 0 saturated heterocycles. The van der Waals surface area contributed by atoms with Crippen LogP contribution < -0.4 is 10.5 Å². The summed E-state index contributed by atoms with van der Waals surface area (Å²) < 4.78 is 3.58. The number of aromatic nitrogens is 2. The van der Waals surface area contributed by atoms with Crippen LogP contribution in [0.5, 0.6) is 0 Å². The van der Waals surface area contributed by atoms with E-state index in [0.717, 1.165) is 31.3 Å². The zero-order valence-corrected chi connectivity index (χ0v) is 22.9. The number of anilines is 1. The minimum Gasteiger partial charge on any atom is -0.308 e. The van der Waals surface area contributed by atoms with Gasteiger partial charge in [0.05, 0.1) is 22.2 Å². The van der Waals surface area contributed by atoms with E-state index in [1.54, 1.807) is 10.6 Å². The van der Waals surface area contributed by atoms with Gasteiger partial charge in [0.2, 0.25) is 0 Å². The third-order valence-electron chi connectivity index (χ3n) is 6.15. The van der Waals surface area contributed by atoms with Gasteiger partial charge < -0.3 is 4.90 Å². The Morgan fingerprint density at radius 3 is 2.57 bits per heavy atom. The summed E-state index contributed by atoms with van der Waals surface area (Å²) in [5, 5.41) is 0.584. The summed E-state index contributed by atoms with van der Waals surface area (Å²) in [6, 6.07) is 21.6. The number of carbonyl (C=O) groups is 1. The first-order valence-electron chi connectivity index (χ1n) is 11.5. The third kappa shape index (κ3) is 4.71. The Labute approximate surface area is 225 Å². The van der Waals surface area contributed by atoms with Gasteiger partial charge >= 0.3 is 0 Å².